The number of ether oxygens (including phenoxy) is 2. The van der Waals surface area contributed by atoms with Crippen LogP contribution >= 0.6 is 0 Å². The maximum Gasteiger partial charge on any atom is 0.231 e. The quantitative estimate of drug-likeness (QED) is 0.536. The number of likely N-dealkylation sites (tertiary alicyclic amines) is 1. The Labute approximate surface area is 206 Å². The molecule has 1 aliphatic rings. The van der Waals surface area contributed by atoms with Crippen LogP contribution in [0.2, 0.25) is 0 Å². The molecule has 0 atom stereocenters. The number of methoxy groups -OCH3 is 2. The summed E-state index contributed by atoms with van der Waals surface area (Å²) in [6.07, 6.45) is 1.48. The topological polar surface area (TPSA) is 67.9 Å². The minimum Gasteiger partial charge on any atom is -0.497 e. The van der Waals surface area contributed by atoms with E-state index in [-0.39, 0.29) is 11.8 Å². The molecule has 0 aliphatic carbocycles. The van der Waals surface area contributed by atoms with Gasteiger partial charge in [0.15, 0.2) is 0 Å². The van der Waals surface area contributed by atoms with E-state index < -0.39 is 5.41 Å². The second-order valence-corrected chi connectivity index (χ2v) is 8.89. The molecule has 0 saturated carbocycles. The fourth-order valence-corrected chi connectivity index (χ4v) is 4.71. The molecular formula is C29H32N2O4. The van der Waals surface area contributed by atoms with Gasteiger partial charge in [0.1, 0.15) is 11.5 Å². The van der Waals surface area contributed by atoms with E-state index in [1.165, 1.54) is 0 Å². The highest BCUT2D eigenvalue weighted by molar-refractivity contribution is 5.89. The molecule has 1 saturated heterocycles. The predicted octanol–water partition coefficient (Wildman–Crippen LogP) is 4.12. The average molecular weight is 473 g/mol. The lowest BCUT2D eigenvalue weighted by Gasteiger charge is -2.41. The summed E-state index contributed by atoms with van der Waals surface area (Å²) in [4.78, 5) is 28.5. The van der Waals surface area contributed by atoms with Gasteiger partial charge in [-0.25, -0.2) is 0 Å². The van der Waals surface area contributed by atoms with Crippen molar-refractivity contribution in [3.63, 3.8) is 0 Å². The van der Waals surface area contributed by atoms with E-state index in [1.807, 2.05) is 83.8 Å². The number of nitrogens with one attached hydrogen (secondary N) is 1. The Kier molecular flexibility index (Phi) is 7.70. The Morgan fingerprint density at radius 3 is 2.17 bits per heavy atom. The number of benzene rings is 3. The molecule has 1 aliphatic heterocycles. The van der Waals surface area contributed by atoms with E-state index in [2.05, 4.69) is 5.32 Å². The van der Waals surface area contributed by atoms with Gasteiger partial charge < -0.3 is 19.7 Å². The second-order valence-electron chi connectivity index (χ2n) is 8.89. The van der Waals surface area contributed by atoms with Crippen molar-refractivity contribution in [3.8, 4) is 11.5 Å². The number of hydrogen-bond donors (Lipinski definition) is 1. The van der Waals surface area contributed by atoms with E-state index in [0.29, 0.717) is 38.9 Å². The zero-order chi connectivity index (χ0) is 24.7. The summed E-state index contributed by atoms with van der Waals surface area (Å²) in [5.74, 6) is 1.59. The molecule has 6 nitrogen and oxygen atoms in total. The smallest absolute Gasteiger partial charge is 0.231 e. The normalized spacial score (nSPS) is 14.7. The highest BCUT2D eigenvalue weighted by atomic mass is 16.5. The Morgan fingerprint density at radius 2 is 1.51 bits per heavy atom. The number of amides is 2. The summed E-state index contributed by atoms with van der Waals surface area (Å²) in [6.45, 7) is 1.51. The SMILES string of the molecule is COc1ccc(CNC(=O)C2(c3ccccc3)CCN(C(=O)Cc3cccc(OC)c3)CC2)cc1. The lowest BCUT2D eigenvalue weighted by atomic mass is 9.72. The Bertz CT molecular complexity index is 1140. The van der Waals surface area contributed by atoms with E-state index in [0.717, 1.165) is 28.2 Å². The Hall–Kier alpha value is -3.80. The number of nitrogens with zero attached hydrogens (tertiary/aromatic N) is 1. The highest BCUT2D eigenvalue weighted by Crippen LogP contribution is 2.36. The van der Waals surface area contributed by atoms with Gasteiger partial charge in [0.25, 0.3) is 0 Å². The van der Waals surface area contributed by atoms with Crippen LogP contribution in [0.25, 0.3) is 0 Å². The number of hydrogen-bond acceptors (Lipinski definition) is 4. The summed E-state index contributed by atoms with van der Waals surface area (Å²) in [5, 5.41) is 3.14. The first-order chi connectivity index (χ1) is 17.0. The third-order valence-corrected chi connectivity index (χ3v) is 6.83. The first kappa shape index (κ1) is 24.3. The molecule has 182 valence electrons. The summed E-state index contributed by atoms with van der Waals surface area (Å²) < 4.78 is 10.5. The lowest BCUT2D eigenvalue weighted by molar-refractivity contribution is -0.136. The van der Waals surface area contributed by atoms with Crippen LogP contribution in [0.1, 0.15) is 29.5 Å². The van der Waals surface area contributed by atoms with Crippen molar-refractivity contribution in [3.05, 3.63) is 95.6 Å². The summed E-state index contributed by atoms with van der Waals surface area (Å²) in [7, 11) is 3.25. The van der Waals surface area contributed by atoms with E-state index in [1.54, 1.807) is 14.2 Å². The fourth-order valence-electron chi connectivity index (χ4n) is 4.71. The second kappa shape index (κ2) is 11.1. The lowest BCUT2D eigenvalue weighted by Crippen LogP contribution is -2.52. The first-order valence-electron chi connectivity index (χ1n) is 11.9. The van der Waals surface area contributed by atoms with Crippen LogP contribution in [-0.2, 0) is 28.0 Å². The molecule has 0 radical (unpaired) electrons. The van der Waals surface area contributed by atoms with Gasteiger partial charge in [-0.3, -0.25) is 9.59 Å². The average Bonchev–Trinajstić information content (AvgIpc) is 2.92. The van der Waals surface area contributed by atoms with Crippen molar-refractivity contribution >= 4 is 11.8 Å². The van der Waals surface area contributed by atoms with E-state index in [9.17, 15) is 9.59 Å². The first-order valence-corrected chi connectivity index (χ1v) is 11.9. The van der Waals surface area contributed by atoms with Crippen LogP contribution in [0.15, 0.2) is 78.9 Å². The molecule has 1 heterocycles. The van der Waals surface area contributed by atoms with Gasteiger partial charge in [0.05, 0.1) is 26.1 Å². The Balaban J connectivity index is 1.44. The summed E-state index contributed by atoms with van der Waals surface area (Å²) in [5.41, 5.74) is 2.26. The largest absolute Gasteiger partial charge is 0.497 e. The number of carbonyl (C=O) groups excluding carboxylic acids is 2. The van der Waals surface area contributed by atoms with E-state index >= 15 is 0 Å². The zero-order valence-corrected chi connectivity index (χ0v) is 20.3. The van der Waals surface area contributed by atoms with Crippen molar-refractivity contribution in [1.82, 2.24) is 10.2 Å². The van der Waals surface area contributed by atoms with Crippen LogP contribution < -0.4 is 14.8 Å². The summed E-state index contributed by atoms with van der Waals surface area (Å²) >= 11 is 0. The molecule has 1 fully saturated rings. The third kappa shape index (κ3) is 5.65. The van der Waals surface area contributed by atoms with Crippen LogP contribution in [0, 0.1) is 0 Å². The third-order valence-electron chi connectivity index (χ3n) is 6.83. The molecule has 3 aromatic carbocycles. The molecule has 4 rings (SSSR count). The van der Waals surface area contributed by atoms with Gasteiger partial charge in [0.2, 0.25) is 11.8 Å². The van der Waals surface area contributed by atoms with Crippen molar-refractivity contribution in [2.75, 3.05) is 27.3 Å². The minimum absolute atomic E-state index is 0.000544. The molecule has 0 bridgehead atoms. The molecular weight excluding hydrogens is 440 g/mol. The van der Waals surface area contributed by atoms with Crippen molar-refractivity contribution < 1.29 is 19.1 Å². The van der Waals surface area contributed by atoms with Crippen molar-refractivity contribution in [2.24, 2.45) is 0 Å². The van der Waals surface area contributed by atoms with Crippen LogP contribution in [0.4, 0.5) is 0 Å². The van der Waals surface area contributed by atoms with Gasteiger partial charge in [-0.2, -0.15) is 0 Å². The molecule has 6 heteroatoms. The number of rotatable bonds is 8. The standard InChI is InChI=1S/C29H32N2O4/c1-34-25-13-11-22(12-14-25)21-30-28(33)29(24-8-4-3-5-9-24)15-17-31(18-16-29)27(32)20-23-7-6-10-26(19-23)35-2/h3-14,19H,15-18,20-21H2,1-2H3,(H,30,33). The maximum absolute atomic E-state index is 13.6. The number of piperidine rings is 1. The van der Waals surface area contributed by atoms with Crippen molar-refractivity contribution in [2.45, 2.75) is 31.2 Å². The summed E-state index contributed by atoms with van der Waals surface area (Å²) in [6, 6.07) is 25.2. The molecule has 0 aromatic heterocycles. The Morgan fingerprint density at radius 1 is 0.829 bits per heavy atom. The van der Waals surface area contributed by atoms with Gasteiger partial charge in [-0.15, -0.1) is 0 Å². The van der Waals surface area contributed by atoms with Crippen LogP contribution in [0.3, 0.4) is 0 Å². The predicted molar refractivity (Wildman–Crippen MR) is 135 cm³/mol. The van der Waals surface area contributed by atoms with Crippen LogP contribution in [0.5, 0.6) is 11.5 Å². The van der Waals surface area contributed by atoms with Gasteiger partial charge in [-0.05, 0) is 53.8 Å². The monoisotopic (exact) mass is 472 g/mol. The fraction of sp³-hybridized carbons (Fsp3) is 0.310. The molecule has 2 amide bonds. The maximum atomic E-state index is 13.6. The van der Waals surface area contributed by atoms with Crippen molar-refractivity contribution in [1.29, 1.82) is 0 Å². The van der Waals surface area contributed by atoms with Gasteiger partial charge in [-0.1, -0.05) is 54.6 Å². The molecule has 0 unspecified atom stereocenters. The molecule has 3 aromatic rings. The van der Waals surface area contributed by atoms with E-state index in [4.69, 9.17) is 9.47 Å². The van der Waals surface area contributed by atoms with Gasteiger partial charge in [0, 0.05) is 19.6 Å². The zero-order valence-electron chi connectivity index (χ0n) is 20.3. The number of carbonyl (C=O) groups is 2. The van der Waals surface area contributed by atoms with Crippen LogP contribution in [-0.4, -0.2) is 44.0 Å². The molecule has 1 N–H and O–H groups in total. The van der Waals surface area contributed by atoms with Gasteiger partial charge >= 0.3 is 0 Å². The highest BCUT2D eigenvalue weighted by Gasteiger charge is 2.43. The molecule has 0 spiro atoms. The minimum atomic E-state index is -0.666. The molecule has 35 heavy (non-hydrogen) atoms.